The molecule has 1 aromatic heterocycles. The molecule has 0 bridgehead atoms. The average Bonchev–Trinajstić information content (AvgIpc) is 3.14. The Hall–Kier alpha value is -2.72. The number of carbonyl (C=O) groups is 2. The first-order chi connectivity index (χ1) is 14.9. The molecule has 2 amide bonds. The van der Waals surface area contributed by atoms with E-state index in [2.05, 4.69) is 10.3 Å². The summed E-state index contributed by atoms with van der Waals surface area (Å²) < 4.78 is 31.2. The number of benzene rings is 2. The second-order valence-electron chi connectivity index (χ2n) is 6.37. The Morgan fingerprint density at radius 1 is 1.16 bits per heavy atom. The zero-order valence-electron chi connectivity index (χ0n) is 16.9. The predicted octanol–water partition coefficient (Wildman–Crippen LogP) is 5.11. The van der Waals surface area contributed by atoms with Gasteiger partial charge in [0.15, 0.2) is 11.7 Å². The fraction of sp³-hybridized carbons (Fsp3) is 0.286. The van der Waals surface area contributed by atoms with Gasteiger partial charge in [-0.3, -0.25) is 14.9 Å². The highest BCUT2D eigenvalue weighted by molar-refractivity contribution is 7.99. The van der Waals surface area contributed by atoms with E-state index < -0.39 is 11.7 Å². The quantitative estimate of drug-likeness (QED) is 0.445. The number of halogens is 2. The van der Waals surface area contributed by atoms with Crippen molar-refractivity contribution in [3.05, 3.63) is 48.0 Å². The number of nitrogens with one attached hydrogen (secondary N) is 1. The fourth-order valence-corrected chi connectivity index (χ4v) is 4.36. The van der Waals surface area contributed by atoms with Crippen LogP contribution in [0.25, 0.3) is 10.2 Å². The summed E-state index contributed by atoms with van der Waals surface area (Å²) in [6.07, 6.45) is 0. The molecule has 0 atom stereocenters. The third-order valence-corrected chi connectivity index (χ3v) is 5.99. The minimum atomic E-state index is -2.49. The number of fused-ring (bicyclic) bond motifs is 1. The molecule has 31 heavy (non-hydrogen) atoms. The van der Waals surface area contributed by atoms with Crippen molar-refractivity contribution in [3.8, 4) is 5.75 Å². The van der Waals surface area contributed by atoms with Gasteiger partial charge in [0, 0.05) is 23.5 Å². The molecule has 1 N–H and O–H groups in total. The lowest BCUT2D eigenvalue weighted by molar-refractivity contribution is -0.118. The molecular formula is C21H21F2N3O3S2. The van der Waals surface area contributed by atoms with Crippen molar-refractivity contribution in [2.24, 2.45) is 0 Å². The van der Waals surface area contributed by atoms with Crippen molar-refractivity contribution in [3.63, 3.8) is 0 Å². The standard InChI is InChI=1S/C21H21F2N3O3S2/c1-3-26(4-2)19(28)13-5-7-14(8-6-13)29-12-18(27)25-21-24-16-10-9-15(30-20(22)23)11-17(16)31-21/h5-11,20H,3-4,12H2,1-2H3,(H,24,25,27). The molecule has 0 spiro atoms. The highest BCUT2D eigenvalue weighted by atomic mass is 32.2. The molecule has 1 heterocycles. The summed E-state index contributed by atoms with van der Waals surface area (Å²) in [5, 5.41) is 3.01. The van der Waals surface area contributed by atoms with E-state index in [9.17, 15) is 18.4 Å². The van der Waals surface area contributed by atoms with Gasteiger partial charge in [-0.15, -0.1) is 0 Å². The van der Waals surface area contributed by atoms with Gasteiger partial charge in [-0.1, -0.05) is 23.1 Å². The van der Waals surface area contributed by atoms with Gasteiger partial charge in [0.2, 0.25) is 0 Å². The van der Waals surface area contributed by atoms with E-state index in [0.717, 1.165) is 0 Å². The van der Waals surface area contributed by atoms with Gasteiger partial charge < -0.3 is 9.64 Å². The Labute approximate surface area is 186 Å². The third-order valence-electron chi connectivity index (χ3n) is 4.35. The van der Waals surface area contributed by atoms with Gasteiger partial charge in [0.1, 0.15) is 5.75 Å². The number of hydrogen-bond donors (Lipinski definition) is 1. The van der Waals surface area contributed by atoms with Crippen molar-refractivity contribution in [2.45, 2.75) is 24.5 Å². The summed E-state index contributed by atoms with van der Waals surface area (Å²) in [4.78, 5) is 30.9. The van der Waals surface area contributed by atoms with E-state index in [1.165, 1.54) is 11.3 Å². The molecule has 0 aliphatic heterocycles. The Morgan fingerprint density at radius 3 is 2.52 bits per heavy atom. The second-order valence-corrected chi connectivity index (χ2v) is 8.46. The first-order valence-corrected chi connectivity index (χ1v) is 11.3. The number of hydrogen-bond acceptors (Lipinski definition) is 6. The van der Waals surface area contributed by atoms with E-state index in [-0.39, 0.29) is 12.5 Å². The summed E-state index contributed by atoms with van der Waals surface area (Å²) in [6.45, 7) is 4.87. The molecule has 164 valence electrons. The maximum atomic E-state index is 12.5. The van der Waals surface area contributed by atoms with Crippen LogP contribution in [-0.4, -0.2) is 47.2 Å². The molecule has 0 unspecified atom stereocenters. The number of carbonyl (C=O) groups excluding carboxylic acids is 2. The number of nitrogens with zero attached hydrogens (tertiary/aromatic N) is 2. The first kappa shape index (κ1) is 23.0. The largest absolute Gasteiger partial charge is 0.484 e. The Bertz CT molecular complexity index is 1050. The molecule has 0 aliphatic rings. The molecule has 2 aromatic carbocycles. The molecule has 6 nitrogen and oxygen atoms in total. The minimum Gasteiger partial charge on any atom is -0.484 e. The maximum absolute atomic E-state index is 12.5. The topological polar surface area (TPSA) is 71.5 Å². The van der Waals surface area contributed by atoms with Crippen LogP contribution in [0.2, 0.25) is 0 Å². The van der Waals surface area contributed by atoms with E-state index in [4.69, 9.17) is 4.74 Å². The molecule has 0 radical (unpaired) electrons. The van der Waals surface area contributed by atoms with E-state index in [1.807, 2.05) is 13.8 Å². The van der Waals surface area contributed by atoms with Crippen molar-refractivity contribution in [2.75, 3.05) is 25.0 Å². The number of alkyl halides is 2. The van der Waals surface area contributed by atoms with Crippen LogP contribution < -0.4 is 10.1 Å². The smallest absolute Gasteiger partial charge is 0.288 e. The van der Waals surface area contributed by atoms with Crippen LogP contribution >= 0.6 is 23.1 Å². The van der Waals surface area contributed by atoms with Crippen molar-refractivity contribution in [1.29, 1.82) is 0 Å². The zero-order chi connectivity index (χ0) is 22.4. The van der Waals surface area contributed by atoms with E-state index in [0.29, 0.717) is 56.4 Å². The van der Waals surface area contributed by atoms with Crippen LogP contribution in [-0.2, 0) is 4.79 Å². The third kappa shape index (κ3) is 6.14. The number of ether oxygens (including phenoxy) is 1. The Balaban J connectivity index is 1.55. The van der Waals surface area contributed by atoms with Crippen molar-refractivity contribution < 1.29 is 23.1 Å². The Kier molecular flexibility index (Phi) is 7.80. The Morgan fingerprint density at radius 2 is 1.87 bits per heavy atom. The normalized spacial score (nSPS) is 11.0. The summed E-state index contributed by atoms with van der Waals surface area (Å²) in [5.74, 6) is -2.49. The van der Waals surface area contributed by atoms with E-state index in [1.54, 1.807) is 47.4 Å². The first-order valence-electron chi connectivity index (χ1n) is 9.57. The lowest BCUT2D eigenvalue weighted by atomic mass is 10.2. The number of thiazole rings is 1. The van der Waals surface area contributed by atoms with Gasteiger partial charge >= 0.3 is 0 Å². The lowest BCUT2D eigenvalue weighted by Gasteiger charge is -2.18. The van der Waals surface area contributed by atoms with Gasteiger partial charge in [-0.2, -0.15) is 8.78 Å². The average molecular weight is 466 g/mol. The SMILES string of the molecule is CCN(CC)C(=O)c1ccc(OCC(=O)Nc2nc3ccc(SC(F)F)cc3s2)cc1. The number of amides is 2. The summed E-state index contributed by atoms with van der Waals surface area (Å²) in [7, 11) is 0. The van der Waals surface area contributed by atoms with Crippen LogP contribution in [0.1, 0.15) is 24.2 Å². The molecule has 0 saturated heterocycles. The summed E-state index contributed by atoms with van der Waals surface area (Å²) >= 11 is 1.66. The highest BCUT2D eigenvalue weighted by Gasteiger charge is 2.13. The summed E-state index contributed by atoms with van der Waals surface area (Å²) in [5.41, 5.74) is 1.17. The number of rotatable bonds is 9. The highest BCUT2D eigenvalue weighted by Crippen LogP contribution is 2.32. The fourth-order valence-electron chi connectivity index (χ4n) is 2.83. The molecule has 3 rings (SSSR count). The maximum Gasteiger partial charge on any atom is 0.288 e. The van der Waals surface area contributed by atoms with Crippen LogP contribution in [0.4, 0.5) is 13.9 Å². The van der Waals surface area contributed by atoms with E-state index >= 15 is 0 Å². The van der Waals surface area contributed by atoms with Gasteiger partial charge in [0.25, 0.3) is 17.6 Å². The van der Waals surface area contributed by atoms with Crippen molar-refractivity contribution in [1.82, 2.24) is 9.88 Å². The second kappa shape index (κ2) is 10.5. The van der Waals surface area contributed by atoms with Gasteiger partial charge in [-0.05, 0) is 56.3 Å². The lowest BCUT2D eigenvalue weighted by Crippen LogP contribution is -2.30. The van der Waals surface area contributed by atoms with Crippen LogP contribution in [0.5, 0.6) is 5.75 Å². The number of thioether (sulfide) groups is 1. The molecule has 0 saturated carbocycles. The minimum absolute atomic E-state index is 0.0553. The zero-order valence-corrected chi connectivity index (χ0v) is 18.6. The van der Waals surface area contributed by atoms with Crippen LogP contribution in [0, 0.1) is 0 Å². The van der Waals surface area contributed by atoms with Gasteiger partial charge in [0.05, 0.1) is 10.2 Å². The van der Waals surface area contributed by atoms with Crippen LogP contribution in [0.3, 0.4) is 0 Å². The predicted molar refractivity (Wildman–Crippen MR) is 119 cm³/mol. The number of anilines is 1. The summed E-state index contributed by atoms with van der Waals surface area (Å²) in [6, 6.07) is 11.4. The molecule has 0 fully saturated rings. The monoisotopic (exact) mass is 465 g/mol. The molecule has 3 aromatic rings. The molecular weight excluding hydrogens is 444 g/mol. The molecule has 10 heteroatoms. The molecule has 0 aliphatic carbocycles. The van der Waals surface area contributed by atoms with Gasteiger partial charge in [-0.25, -0.2) is 4.98 Å². The van der Waals surface area contributed by atoms with Crippen LogP contribution in [0.15, 0.2) is 47.4 Å². The number of aromatic nitrogens is 1. The van der Waals surface area contributed by atoms with Crippen molar-refractivity contribution >= 4 is 50.3 Å².